The molecule has 21 heavy (non-hydrogen) atoms. The van der Waals surface area contributed by atoms with E-state index in [1.165, 1.54) is 18.2 Å². The molecule has 3 rings (SSSR count). The average Bonchev–Trinajstić information content (AvgIpc) is 2.92. The van der Waals surface area contributed by atoms with Gasteiger partial charge in [0.1, 0.15) is 17.5 Å². The molecule has 112 valence electrons. The summed E-state index contributed by atoms with van der Waals surface area (Å²) in [7, 11) is 0. The third-order valence-corrected chi connectivity index (χ3v) is 3.58. The van der Waals surface area contributed by atoms with E-state index in [4.69, 9.17) is 0 Å². The van der Waals surface area contributed by atoms with Gasteiger partial charge in [0.2, 0.25) is 5.95 Å². The fourth-order valence-corrected chi connectivity index (χ4v) is 2.49. The molecule has 2 heterocycles. The van der Waals surface area contributed by atoms with Gasteiger partial charge in [-0.05, 0) is 19.1 Å². The Labute approximate surface area is 121 Å². The van der Waals surface area contributed by atoms with Crippen LogP contribution in [0.3, 0.4) is 0 Å². The highest BCUT2D eigenvalue weighted by Crippen LogP contribution is 2.17. The van der Waals surface area contributed by atoms with Crippen LogP contribution in [0, 0.1) is 11.6 Å². The lowest BCUT2D eigenvalue weighted by atomic mass is 10.1. The van der Waals surface area contributed by atoms with Crippen molar-refractivity contribution < 1.29 is 8.78 Å². The molecular weight excluding hydrogens is 276 g/mol. The van der Waals surface area contributed by atoms with Crippen molar-refractivity contribution in [3.63, 3.8) is 0 Å². The number of anilines is 1. The number of hydrogen-bond donors (Lipinski definition) is 2. The van der Waals surface area contributed by atoms with E-state index in [0.29, 0.717) is 17.8 Å². The number of benzene rings is 1. The number of aromatic nitrogens is 3. The third-order valence-electron chi connectivity index (χ3n) is 3.58. The number of piperazine rings is 1. The van der Waals surface area contributed by atoms with E-state index in [1.807, 2.05) is 0 Å². The van der Waals surface area contributed by atoms with Crippen LogP contribution in [0.2, 0.25) is 0 Å². The summed E-state index contributed by atoms with van der Waals surface area (Å²) in [6.07, 6.45) is 0.0626. The molecule has 7 heteroatoms. The number of hydrogen-bond acceptors (Lipinski definition) is 4. The summed E-state index contributed by atoms with van der Waals surface area (Å²) < 4.78 is 27.3. The average molecular weight is 293 g/mol. The van der Waals surface area contributed by atoms with Gasteiger partial charge in [-0.15, -0.1) is 5.10 Å². The zero-order valence-corrected chi connectivity index (χ0v) is 11.7. The normalized spacial score (nSPS) is 19.0. The Morgan fingerprint density at radius 2 is 2.10 bits per heavy atom. The lowest BCUT2D eigenvalue weighted by Gasteiger charge is -2.30. The molecule has 2 aromatic rings. The number of nitrogens with one attached hydrogen (secondary N) is 2. The van der Waals surface area contributed by atoms with Crippen molar-refractivity contribution in [2.45, 2.75) is 19.4 Å². The quantitative estimate of drug-likeness (QED) is 0.900. The van der Waals surface area contributed by atoms with E-state index in [9.17, 15) is 8.78 Å². The first-order valence-electron chi connectivity index (χ1n) is 6.96. The van der Waals surface area contributed by atoms with Crippen molar-refractivity contribution in [2.75, 3.05) is 24.5 Å². The molecule has 5 nitrogen and oxygen atoms in total. The fraction of sp³-hybridized carbons (Fsp3) is 0.429. The molecule has 0 aliphatic carbocycles. The minimum atomic E-state index is -0.566. The molecule has 1 aromatic heterocycles. The zero-order valence-electron chi connectivity index (χ0n) is 11.7. The van der Waals surface area contributed by atoms with Gasteiger partial charge >= 0.3 is 0 Å². The van der Waals surface area contributed by atoms with E-state index >= 15 is 0 Å². The summed E-state index contributed by atoms with van der Waals surface area (Å²) >= 11 is 0. The van der Waals surface area contributed by atoms with Crippen molar-refractivity contribution in [2.24, 2.45) is 0 Å². The van der Waals surface area contributed by atoms with E-state index in [-0.39, 0.29) is 12.0 Å². The molecule has 1 fully saturated rings. The van der Waals surface area contributed by atoms with Gasteiger partial charge in [-0.3, -0.25) is 5.10 Å². The Bertz CT molecular complexity index is 607. The maximum absolute atomic E-state index is 13.6. The summed E-state index contributed by atoms with van der Waals surface area (Å²) in [5, 5.41) is 10.2. The first-order valence-corrected chi connectivity index (χ1v) is 6.96. The van der Waals surface area contributed by atoms with E-state index in [2.05, 4.69) is 32.3 Å². The van der Waals surface area contributed by atoms with Crippen LogP contribution >= 0.6 is 0 Å². The minimum absolute atomic E-state index is 0.00822. The number of halogens is 2. The minimum Gasteiger partial charge on any atom is -0.337 e. The van der Waals surface area contributed by atoms with E-state index < -0.39 is 11.6 Å². The maximum atomic E-state index is 13.6. The fourth-order valence-electron chi connectivity index (χ4n) is 2.49. The van der Waals surface area contributed by atoms with Crippen molar-refractivity contribution in [3.8, 4) is 0 Å². The van der Waals surface area contributed by atoms with Crippen LogP contribution < -0.4 is 10.2 Å². The summed E-state index contributed by atoms with van der Waals surface area (Å²) in [5.74, 6) is -0.0947. The molecule has 1 atom stereocenters. The van der Waals surface area contributed by atoms with Crippen LogP contribution in [0.1, 0.15) is 18.3 Å². The van der Waals surface area contributed by atoms with Gasteiger partial charge in [-0.1, -0.05) is 6.07 Å². The smallest absolute Gasteiger partial charge is 0.244 e. The first kappa shape index (κ1) is 13.9. The van der Waals surface area contributed by atoms with Gasteiger partial charge in [0, 0.05) is 37.7 Å². The van der Waals surface area contributed by atoms with Crippen molar-refractivity contribution >= 4 is 5.95 Å². The van der Waals surface area contributed by atoms with Crippen LogP contribution in [0.4, 0.5) is 14.7 Å². The monoisotopic (exact) mass is 293 g/mol. The molecule has 0 radical (unpaired) electrons. The molecule has 0 amide bonds. The van der Waals surface area contributed by atoms with Crippen LogP contribution in [0.15, 0.2) is 18.2 Å². The second-order valence-electron chi connectivity index (χ2n) is 5.26. The number of rotatable bonds is 3. The van der Waals surface area contributed by atoms with Crippen LogP contribution in [-0.4, -0.2) is 40.9 Å². The lowest BCUT2D eigenvalue weighted by molar-refractivity contribution is 0.479. The molecule has 1 aliphatic heterocycles. The highest BCUT2D eigenvalue weighted by atomic mass is 19.1. The number of nitrogens with zero attached hydrogens (tertiary/aromatic N) is 3. The molecule has 0 saturated carbocycles. The Kier molecular flexibility index (Phi) is 3.83. The summed E-state index contributed by atoms with van der Waals surface area (Å²) in [6.45, 7) is 4.59. The van der Waals surface area contributed by atoms with Gasteiger partial charge in [-0.25, -0.2) is 8.78 Å². The summed E-state index contributed by atoms with van der Waals surface area (Å²) in [5.41, 5.74) is 0.00822. The van der Waals surface area contributed by atoms with Crippen LogP contribution in [-0.2, 0) is 6.42 Å². The topological polar surface area (TPSA) is 56.8 Å². The SMILES string of the molecule is C[C@H]1CN(c2n[nH]c(Cc3c(F)cccc3F)n2)CCN1. The van der Waals surface area contributed by atoms with Crippen molar-refractivity contribution in [1.82, 2.24) is 20.5 Å². The van der Waals surface area contributed by atoms with Crippen LogP contribution in [0.5, 0.6) is 0 Å². The number of H-pyrrole nitrogens is 1. The van der Waals surface area contributed by atoms with Crippen molar-refractivity contribution in [1.29, 1.82) is 0 Å². The second-order valence-corrected chi connectivity index (χ2v) is 5.26. The third kappa shape index (κ3) is 3.02. The Balaban J connectivity index is 1.76. The van der Waals surface area contributed by atoms with Gasteiger partial charge in [0.15, 0.2) is 0 Å². The van der Waals surface area contributed by atoms with Gasteiger partial charge in [0.25, 0.3) is 0 Å². The van der Waals surface area contributed by atoms with E-state index in [0.717, 1.165) is 19.6 Å². The predicted octanol–water partition coefficient (Wildman–Crippen LogP) is 1.47. The lowest BCUT2D eigenvalue weighted by Crippen LogP contribution is -2.49. The number of aromatic amines is 1. The van der Waals surface area contributed by atoms with E-state index in [1.54, 1.807) is 0 Å². The maximum Gasteiger partial charge on any atom is 0.244 e. The Morgan fingerprint density at radius 3 is 2.81 bits per heavy atom. The zero-order chi connectivity index (χ0) is 14.8. The molecule has 1 saturated heterocycles. The van der Waals surface area contributed by atoms with Gasteiger partial charge in [0.05, 0.1) is 0 Å². The molecular formula is C14H17F2N5. The first-order chi connectivity index (χ1) is 10.1. The highest BCUT2D eigenvalue weighted by Gasteiger charge is 2.20. The standard InChI is InChI=1S/C14H17F2N5/c1-9-8-21(6-5-17-9)14-18-13(19-20-14)7-10-11(15)3-2-4-12(10)16/h2-4,9,17H,5-8H2,1H3,(H,18,19,20)/t9-/m0/s1. The molecule has 1 aliphatic rings. The Hall–Kier alpha value is -2.02. The van der Waals surface area contributed by atoms with Crippen molar-refractivity contribution in [3.05, 3.63) is 41.2 Å². The predicted molar refractivity (Wildman–Crippen MR) is 75.2 cm³/mol. The summed E-state index contributed by atoms with van der Waals surface area (Å²) in [6, 6.07) is 4.20. The molecule has 0 bridgehead atoms. The summed E-state index contributed by atoms with van der Waals surface area (Å²) in [4.78, 5) is 6.40. The molecule has 0 spiro atoms. The van der Waals surface area contributed by atoms with Gasteiger partial charge in [-0.2, -0.15) is 4.98 Å². The molecule has 1 aromatic carbocycles. The second kappa shape index (κ2) is 5.77. The molecule has 0 unspecified atom stereocenters. The highest BCUT2D eigenvalue weighted by molar-refractivity contribution is 5.31. The Morgan fingerprint density at radius 1 is 1.33 bits per heavy atom. The van der Waals surface area contributed by atoms with Crippen LogP contribution in [0.25, 0.3) is 0 Å². The largest absolute Gasteiger partial charge is 0.337 e. The van der Waals surface area contributed by atoms with Gasteiger partial charge < -0.3 is 10.2 Å². The molecule has 2 N–H and O–H groups in total.